The van der Waals surface area contributed by atoms with Gasteiger partial charge >= 0.3 is 0 Å². The van der Waals surface area contributed by atoms with E-state index in [-0.39, 0.29) is 5.91 Å². The smallest absolute Gasteiger partial charge is 0.277 e. The van der Waals surface area contributed by atoms with Crippen molar-refractivity contribution >= 4 is 29.3 Å². The first-order chi connectivity index (χ1) is 13.5. The van der Waals surface area contributed by atoms with Crippen LogP contribution in [0.1, 0.15) is 11.1 Å². The van der Waals surface area contributed by atoms with Crippen molar-refractivity contribution in [1.29, 1.82) is 0 Å². The van der Waals surface area contributed by atoms with E-state index in [2.05, 4.69) is 0 Å². The average molecular weight is 398 g/mol. The van der Waals surface area contributed by atoms with Crippen molar-refractivity contribution in [2.24, 2.45) is 0 Å². The summed E-state index contributed by atoms with van der Waals surface area (Å²) >= 11 is 5.49. The van der Waals surface area contributed by atoms with Crippen LogP contribution in [-0.4, -0.2) is 49.2 Å². The molecule has 1 fully saturated rings. The monoisotopic (exact) mass is 398 g/mol. The Hall–Kier alpha value is -3.06. The molecule has 1 amide bonds. The van der Waals surface area contributed by atoms with E-state index >= 15 is 0 Å². The second kappa shape index (κ2) is 8.31. The van der Waals surface area contributed by atoms with Gasteiger partial charge in [-0.3, -0.25) is 9.69 Å². The van der Waals surface area contributed by atoms with Gasteiger partial charge in [0.1, 0.15) is 5.70 Å². The third-order valence-corrected chi connectivity index (χ3v) is 5.01. The molecule has 0 saturated carbocycles. The minimum absolute atomic E-state index is 0.148. The maximum absolute atomic E-state index is 13.0. The molecule has 28 heavy (non-hydrogen) atoms. The van der Waals surface area contributed by atoms with E-state index < -0.39 is 0 Å². The summed E-state index contributed by atoms with van der Waals surface area (Å²) in [4.78, 5) is 16.3. The van der Waals surface area contributed by atoms with Gasteiger partial charge in [0, 0.05) is 7.05 Å². The topological polar surface area (TPSA) is 51.2 Å². The fraction of sp³-hybridized carbons (Fsp3) is 0.238. The highest BCUT2D eigenvalue weighted by atomic mass is 32.1. The Kier molecular flexibility index (Phi) is 5.84. The molecule has 0 aromatic heterocycles. The molecule has 0 unspecified atom stereocenters. The molecule has 0 N–H and O–H groups in total. The van der Waals surface area contributed by atoms with Crippen LogP contribution < -0.4 is 14.2 Å². The molecule has 1 heterocycles. The largest absolute Gasteiger partial charge is 0.493 e. The zero-order valence-electron chi connectivity index (χ0n) is 16.3. The number of nitrogens with zero attached hydrogens (tertiary/aromatic N) is 2. The van der Waals surface area contributed by atoms with Crippen molar-refractivity contribution in [3.63, 3.8) is 0 Å². The first kappa shape index (κ1) is 19.7. The lowest BCUT2D eigenvalue weighted by molar-refractivity contribution is -0.122. The number of methoxy groups -OCH3 is 3. The number of ether oxygens (including phenoxy) is 3. The highest BCUT2D eigenvalue weighted by Gasteiger charge is 2.35. The molecule has 1 saturated heterocycles. The first-order valence-corrected chi connectivity index (χ1v) is 9.06. The normalized spacial score (nSPS) is 15.4. The molecule has 146 valence electrons. The van der Waals surface area contributed by atoms with Crippen LogP contribution in [0.15, 0.2) is 48.2 Å². The maximum atomic E-state index is 13.0. The summed E-state index contributed by atoms with van der Waals surface area (Å²) in [6.07, 6.45) is 1.77. The predicted octanol–water partition coefficient (Wildman–Crippen LogP) is 3.31. The molecule has 2 aromatic rings. The number of rotatable bonds is 6. The van der Waals surface area contributed by atoms with Gasteiger partial charge in [-0.25, -0.2) is 0 Å². The van der Waals surface area contributed by atoms with Crippen LogP contribution in [0.25, 0.3) is 6.08 Å². The van der Waals surface area contributed by atoms with E-state index in [1.165, 1.54) is 0 Å². The van der Waals surface area contributed by atoms with Crippen LogP contribution in [-0.2, 0) is 11.3 Å². The van der Waals surface area contributed by atoms with Gasteiger partial charge in [-0.2, -0.15) is 0 Å². The lowest BCUT2D eigenvalue weighted by Crippen LogP contribution is -2.30. The first-order valence-electron chi connectivity index (χ1n) is 8.65. The molecule has 3 rings (SSSR count). The minimum Gasteiger partial charge on any atom is -0.493 e. The third-order valence-electron chi connectivity index (χ3n) is 4.52. The fourth-order valence-electron chi connectivity index (χ4n) is 3.06. The van der Waals surface area contributed by atoms with Gasteiger partial charge in [0.05, 0.1) is 27.9 Å². The molecule has 1 aliphatic rings. The van der Waals surface area contributed by atoms with Gasteiger partial charge in [0.2, 0.25) is 5.75 Å². The fourth-order valence-corrected chi connectivity index (χ4v) is 3.31. The number of thiocarbonyl (C=S) groups is 1. The van der Waals surface area contributed by atoms with Crippen LogP contribution in [0.5, 0.6) is 17.2 Å². The number of amides is 1. The molecule has 0 aliphatic carbocycles. The second-order valence-corrected chi connectivity index (χ2v) is 6.57. The van der Waals surface area contributed by atoms with Gasteiger partial charge in [-0.05, 0) is 41.6 Å². The van der Waals surface area contributed by atoms with Crippen molar-refractivity contribution < 1.29 is 19.0 Å². The molecule has 7 heteroatoms. The van der Waals surface area contributed by atoms with Crippen molar-refractivity contribution in [1.82, 2.24) is 9.80 Å². The Labute approximate surface area is 169 Å². The molecule has 1 aliphatic heterocycles. The summed E-state index contributed by atoms with van der Waals surface area (Å²) in [5.41, 5.74) is 2.24. The van der Waals surface area contributed by atoms with Crippen LogP contribution in [0.2, 0.25) is 0 Å². The highest BCUT2D eigenvalue weighted by Crippen LogP contribution is 2.39. The quantitative estimate of drug-likeness (QED) is 0.550. The van der Waals surface area contributed by atoms with Gasteiger partial charge in [0.15, 0.2) is 16.6 Å². The highest BCUT2D eigenvalue weighted by molar-refractivity contribution is 7.80. The van der Waals surface area contributed by atoms with Crippen LogP contribution in [0, 0.1) is 0 Å². The Morgan fingerprint density at radius 1 is 1.00 bits per heavy atom. The summed E-state index contributed by atoms with van der Waals surface area (Å²) in [5.74, 6) is 1.39. The van der Waals surface area contributed by atoms with Crippen LogP contribution in [0.3, 0.4) is 0 Å². The Morgan fingerprint density at radius 2 is 1.61 bits per heavy atom. The molecule has 0 spiro atoms. The number of hydrogen-bond donors (Lipinski definition) is 0. The van der Waals surface area contributed by atoms with Crippen molar-refractivity contribution in [2.45, 2.75) is 6.54 Å². The number of carbonyl (C=O) groups is 1. The molecular formula is C21H22N2O4S. The number of likely N-dealkylation sites (N-methyl/N-ethyl adjacent to an activating group) is 1. The second-order valence-electron chi connectivity index (χ2n) is 6.21. The van der Waals surface area contributed by atoms with E-state index in [4.69, 9.17) is 26.4 Å². The van der Waals surface area contributed by atoms with E-state index in [1.807, 2.05) is 30.3 Å². The summed E-state index contributed by atoms with van der Waals surface area (Å²) in [6, 6.07) is 13.3. The maximum Gasteiger partial charge on any atom is 0.277 e. The average Bonchev–Trinajstić information content (AvgIpc) is 2.92. The standard InChI is InChI=1S/C21H22N2O4S/c1-22-16(10-15-11-17(25-2)19(27-4)18(12-15)26-3)20(24)23(21(22)28)13-14-8-6-5-7-9-14/h5-12H,13H2,1-4H3. The van der Waals surface area contributed by atoms with Gasteiger partial charge in [0.25, 0.3) is 5.91 Å². The number of carbonyl (C=O) groups excluding carboxylic acids is 1. The SMILES string of the molecule is COc1cc(C=C2C(=O)N(Cc3ccccc3)C(=S)N2C)cc(OC)c1OC. The Bertz CT molecular complexity index is 902. The summed E-state index contributed by atoms with van der Waals surface area (Å²) in [6.45, 7) is 0.426. The van der Waals surface area contributed by atoms with Crippen molar-refractivity contribution in [3.05, 3.63) is 59.3 Å². The van der Waals surface area contributed by atoms with Gasteiger partial charge < -0.3 is 19.1 Å². The zero-order chi connectivity index (χ0) is 20.3. The molecular weight excluding hydrogens is 376 g/mol. The number of hydrogen-bond acceptors (Lipinski definition) is 5. The van der Waals surface area contributed by atoms with Crippen LogP contribution in [0.4, 0.5) is 0 Å². The molecule has 0 radical (unpaired) electrons. The van der Waals surface area contributed by atoms with E-state index in [0.717, 1.165) is 11.1 Å². The van der Waals surface area contributed by atoms with Crippen LogP contribution >= 0.6 is 12.2 Å². The molecule has 2 aromatic carbocycles. The van der Waals surface area contributed by atoms with E-state index in [9.17, 15) is 4.79 Å². The lowest BCUT2D eigenvalue weighted by Gasteiger charge is -2.16. The summed E-state index contributed by atoms with van der Waals surface area (Å²) in [7, 11) is 6.44. The van der Waals surface area contributed by atoms with Crippen molar-refractivity contribution in [2.75, 3.05) is 28.4 Å². The lowest BCUT2D eigenvalue weighted by atomic mass is 10.1. The minimum atomic E-state index is -0.148. The summed E-state index contributed by atoms with van der Waals surface area (Å²) in [5, 5.41) is 0.465. The van der Waals surface area contributed by atoms with E-state index in [0.29, 0.717) is 34.6 Å². The number of benzene rings is 2. The van der Waals surface area contributed by atoms with Crippen molar-refractivity contribution in [3.8, 4) is 17.2 Å². The summed E-state index contributed by atoms with van der Waals surface area (Å²) < 4.78 is 16.1. The molecule has 0 bridgehead atoms. The third kappa shape index (κ3) is 3.66. The van der Waals surface area contributed by atoms with Gasteiger partial charge in [-0.1, -0.05) is 30.3 Å². The Morgan fingerprint density at radius 3 is 2.14 bits per heavy atom. The predicted molar refractivity (Wildman–Crippen MR) is 111 cm³/mol. The van der Waals surface area contributed by atoms with Gasteiger partial charge in [-0.15, -0.1) is 0 Å². The molecule has 0 atom stereocenters. The zero-order valence-corrected chi connectivity index (χ0v) is 17.1. The molecule has 6 nitrogen and oxygen atoms in total. The van der Waals surface area contributed by atoms with E-state index in [1.54, 1.807) is 56.4 Å². The Balaban J connectivity index is 1.96.